The minimum Gasteiger partial charge on any atom is -0.378 e. The van der Waals surface area contributed by atoms with Gasteiger partial charge in [-0.1, -0.05) is 33.1 Å². The molecule has 0 aromatic carbocycles. The molecule has 122 valence electrons. The molecule has 3 aliphatic carbocycles. The van der Waals surface area contributed by atoms with Gasteiger partial charge in [-0.2, -0.15) is 0 Å². The van der Waals surface area contributed by atoms with Crippen LogP contribution in [0.5, 0.6) is 0 Å². The first-order chi connectivity index (χ1) is 10.3. The predicted octanol–water partition coefficient (Wildman–Crippen LogP) is 5.82. The number of ether oxygens (including phenoxy) is 1. The lowest BCUT2D eigenvalue weighted by Gasteiger charge is -2.50. The second kappa shape index (κ2) is 7.49. The minimum atomic E-state index is 0.596. The molecule has 21 heavy (non-hydrogen) atoms. The Hall–Kier alpha value is -0.0400. The summed E-state index contributed by atoms with van der Waals surface area (Å²) in [5.74, 6) is 5.31. The Morgan fingerprint density at radius 1 is 0.762 bits per heavy atom. The molecule has 0 bridgehead atoms. The van der Waals surface area contributed by atoms with Crippen molar-refractivity contribution in [3.63, 3.8) is 0 Å². The fraction of sp³-hybridized carbons (Fsp3) is 1.00. The molecule has 3 saturated carbocycles. The molecule has 0 saturated heterocycles. The zero-order valence-corrected chi connectivity index (χ0v) is 14.4. The van der Waals surface area contributed by atoms with Crippen LogP contribution < -0.4 is 0 Å². The van der Waals surface area contributed by atoms with Crippen LogP contribution in [0.4, 0.5) is 0 Å². The molecule has 0 amide bonds. The zero-order valence-electron chi connectivity index (χ0n) is 14.4. The first-order valence-electron chi connectivity index (χ1n) is 9.93. The van der Waals surface area contributed by atoms with Crippen LogP contribution in [-0.4, -0.2) is 12.7 Å². The topological polar surface area (TPSA) is 9.23 Å². The lowest BCUT2D eigenvalue weighted by molar-refractivity contribution is -0.0530. The average molecular weight is 293 g/mol. The fourth-order valence-electron chi connectivity index (χ4n) is 5.95. The average Bonchev–Trinajstić information content (AvgIpc) is 2.52. The summed E-state index contributed by atoms with van der Waals surface area (Å²) in [5.41, 5.74) is 0. The lowest BCUT2D eigenvalue weighted by Crippen LogP contribution is -2.42. The molecule has 0 aromatic rings. The summed E-state index contributed by atoms with van der Waals surface area (Å²) in [6.45, 7) is 5.57. The Labute approximate surface area is 132 Å². The summed E-state index contributed by atoms with van der Waals surface area (Å²) in [6.07, 6.45) is 16.6. The third-order valence-electron chi connectivity index (χ3n) is 6.86. The molecule has 0 N–H and O–H groups in total. The van der Waals surface area contributed by atoms with Crippen molar-refractivity contribution in [1.29, 1.82) is 0 Å². The molecule has 0 heterocycles. The van der Waals surface area contributed by atoms with E-state index in [2.05, 4.69) is 13.8 Å². The number of rotatable bonds is 5. The SMILES string of the molecule is CCCO[C@H]1CCC2C(CCC3C[C@@H](CCC)CCC32)C1. The molecule has 4 unspecified atom stereocenters. The Morgan fingerprint density at radius 2 is 1.48 bits per heavy atom. The van der Waals surface area contributed by atoms with Crippen LogP contribution in [0.1, 0.15) is 84.5 Å². The van der Waals surface area contributed by atoms with Crippen molar-refractivity contribution in [2.75, 3.05) is 6.61 Å². The summed E-state index contributed by atoms with van der Waals surface area (Å²) in [5, 5.41) is 0. The molecule has 3 rings (SSSR count). The number of fused-ring (bicyclic) bond motifs is 3. The van der Waals surface area contributed by atoms with E-state index in [9.17, 15) is 0 Å². The molecule has 3 aliphatic rings. The van der Waals surface area contributed by atoms with E-state index in [1.807, 2.05) is 0 Å². The molecule has 6 atom stereocenters. The molecule has 3 fully saturated rings. The van der Waals surface area contributed by atoms with Crippen LogP contribution in [0.25, 0.3) is 0 Å². The van der Waals surface area contributed by atoms with Crippen LogP contribution in [0, 0.1) is 29.6 Å². The third-order valence-corrected chi connectivity index (χ3v) is 6.86. The molecule has 1 heteroatoms. The van der Waals surface area contributed by atoms with Gasteiger partial charge in [-0.3, -0.25) is 0 Å². The van der Waals surface area contributed by atoms with Gasteiger partial charge in [0.05, 0.1) is 6.10 Å². The van der Waals surface area contributed by atoms with Gasteiger partial charge in [0.1, 0.15) is 0 Å². The smallest absolute Gasteiger partial charge is 0.0578 e. The first-order valence-corrected chi connectivity index (χ1v) is 9.93. The third kappa shape index (κ3) is 3.66. The van der Waals surface area contributed by atoms with Crippen molar-refractivity contribution in [2.45, 2.75) is 90.6 Å². The minimum absolute atomic E-state index is 0.596. The normalized spacial score (nSPS) is 43.1. The van der Waals surface area contributed by atoms with Gasteiger partial charge in [-0.05, 0) is 81.0 Å². The van der Waals surface area contributed by atoms with E-state index in [0.29, 0.717) is 6.10 Å². The summed E-state index contributed by atoms with van der Waals surface area (Å²) >= 11 is 0. The second-order valence-corrected chi connectivity index (χ2v) is 8.20. The van der Waals surface area contributed by atoms with E-state index in [-0.39, 0.29) is 0 Å². The van der Waals surface area contributed by atoms with Gasteiger partial charge >= 0.3 is 0 Å². The Bertz CT molecular complexity index is 313. The van der Waals surface area contributed by atoms with Crippen molar-refractivity contribution in [3.8, 4) is 0 Å². The van der Waals surface area contributed by atoms with Gasteiger partial charge in [0.25, 0.3) is 0 Å². The van der Waals surface area contributed by atoms with E-state index >= 15 is 0 Å². The maximum atomic E-state index is 6.07. The number of hydrogen-bond donors (Lipinski definition) is 0. The zero-order chi connectivity index (χ0) is 14.7. The summed E-state index contributed by atoms with van der Waals surface area (Å²) in [4.78, 5) is 0. The van der Waals surface area contributed by atoms with Gasteiger partial charge in [0.15, 0.2) is 0 Å². The van der Waals surface area contributed by atoms with E-state index in [1.165, 1.54) is 57.8 Å². The molecule has 0 aliphatic heterocycles. The van der Waals surface area contributed by atoms with Gasteiger partial charge in [-0.25, -0.2) is 0 Å². The summed E-state index contributed by atoms with van der Waals surface area (Å²) in [6, 6.07) is 0. The van der Waals surface area contributed by atoms with E-state index in [1.54, 1.807) is 12.8 Å². The molecule has 0 radical (unpaired) electrons. The largest absolute Gasteiger partial charge is 0.378 e. The van der Waals surface area contributed by atoms with E-state index in [0.717, 1.165) is 36.2 Å². The molecule has 0 spiro atoms. The van der Waals surface area contributed by atoms with Gasteiger partial charge in [0.2, 0.25) is 0 Å². The summed E-state index contributed by atoms with van der Waals surface area (Å²) in [7, 11) is 0. The highest BCUT2D eigenvalue weighted by molar-refractivity contribution is 4.94. The van der Waals surface area contributed by atoms with Crippen LogP contribution >= 0.6 is 0 Å². The highest BCUT2D eigenvalue weighted by Gasteiger charge is 2.44. The monoisotopic (exact) mass is 292 g/mol. The second-order valence-electron chi connectivity index (χ2n) is 8.20. The van der Waals surface area contributed by atoms with Gasteiger partial charge in [-0.15, -0.1) is 0 Å². The van der Waals surface area contributed by atoms with Crippen molar-refractivity contribution < 1.29 is 4.74 Å². The summed E-state index contributed by atoms with van der Waals surface area (Å²) < 4.78 is 6.07. The van der Waals surface area contributed by atoms with Gasteiger partial charge in [0, 0.05) is 6.61 Å². The lowest BCUT2D eigenvalue weighted by atomic mass is 9.56. The van der Waals surface area contributed by atoms with Crippen molar-refractivity contribution in [3.05, 3.63) is 0 Å². The fourth-order valence-corrected chi connectivity index (χ4v) is 5.95. The molecule has 0 aromatic heterocycles. The van der Waals surface area contributed by atoms with Crippen molar-refractivity contribution in [2.24, 2.45) is 29.6 Å². The highest BCUT2D eigenvalue weighted by Crippen LogP contribution is 2.53. The quantitative estimate of drug-likeness (QED) is 0.620. The standard InChI is InChI=1S/C20H36O/c1-3-5-15-6-10-19-16(13-15)7-8-17-14-18(21-12-4-2)9-11-20(17)19/h15-20H,3-14H2,1-2H3/t15-,16?,17?,18-,19?,20?/m0/s1. The Kier molecular flexibility index (Phi) is 5.65. The van der Waals surface area contributed by atoms with Crippen LogP contribution in [0.3, 0.4) is 0 Å². The van der Waals surface area contributed by atoms with Crippen LogP contribution in [0.15, 0.2) is 0 Å². The van der Waals surface area contributed by atoms with Gasteiger partial charge < -0.3 is 4.74 Å². The van der Waals surface area contributed by atoms with Crippen LogP contribution in [-0.2, 0) is 4.74 Å². The van der Waals surface area contributed by atoms with Crippen molar-refractivity contribution in [1.82, 2.24) is 0 Å². The molecule has 1 nitrogen and oxygen atoms in total. The van der Waals surface area contributed by atoms with E-state index < -0.39 is 0 Å². The maximum absolute atomic E-state index is 6.07. The Morgan fingerprint density at radius 3 is 2.19 bits per heavy atom. The first kappa shape index (κ1) is 15.8. The van der Waals surface area contributed by atoms with Crippen LogP contribution in [0.2, 0.25) is 0 Å². The van der Waals surface area contributed by atoms with E-state index in [4.69, 9.17) is 4.74 Å². The molecular weight excluding hydrogens is 256 g/mol. The highest BCUT2D eigenvalue weighted by atomic mass is 16.5. The Balaban J connectivity index is 1.54. The maximum Gasteiger partial charge on any atom is 0.0578 e. The number of hydrogen-bond acceptors (Lipinski definition) is 1. The predicted molar refractivity (Wildman–Crippen MR) is 89.3 cm³/mol. The molecular formula is C20H36O. The van der Waals surface area contributed by atoms with Crippen molar-refractivity contribution >= 4 is 0 Å².